The van der Waals surface area contributed by atoms with Crippen molar-refractivity contribution >= 4 is 39.1 Å². The summed E-state index contributed by atoms with van der Waals surface area (Å²) in [6, 6.07) is 13.1. The van der Waals surface area contributed by atoms with E-state index in [2.05, 4.69) is 0 Å². The number of carbonyl (C=O) groups is 1. The lowest BCUT2D eigenvalue weighted by Crippen LogP contribution is -2.45. The fraction of sp³-hybridized carbons (Fsp3) is 0.346. The average molecular weight is 581 g/mol. The third-order valence-corrected chi connectivity index (χ3v) is 8.87. The minimum atomic E-state index is -4.18. The molecule has 12 heteroatoms. The maximum absolute atomic E-state index is 13.8. The average Bonchev–Trinajstić information content (AvgIpc) is 3.67. The molecular formula is C26H26Cl2N2O7S. The molecule has 1 aromatic heterocycles. The van der Waals surface area contributed by atoms with Gasteiger partial charge in [0.25, 0.3) is 0 Å². The van der Waals surface area contributed by atoms with Crippen molar-refractivity contribution in [3.63, 3.8) is 0 Å². The minimum Gasteiger partial charge on any atom is -0.467 e. The van der Waals surface area contributed by atoms with Crippen LogP contribution in [0, 0.1) is 0 Å². The Bertz CT molecular complexity index is 1390. The number of sulfonamides is 1. The maximum Gasteiger partial charge on any atom is 0.245 e. The van der Waals surface area contributed by atoms with E-state index in [1.165, 1.54) is 29.4 Å². The van der Waals surface area contributed by atoms with Crippen molar-refractivity contribution in [3.8, 4) is 11.5 Å². The molecule has 9 nitrogen and oxygen atoms in total. The molecule has 2 aliphatic rings. The highest BCUT2D eigenvalue weighted by Crippen LogP contribution is 2.33. The smallest absolute Gasteiger partial charge is 0.245 e. The van der Waals surface area contributed by atoms with Crippen LogP contribution in [0.15, 0.2) is 64.1 Å². The van der Waals surface area contributed by atoms with Crippen molar-refractivity contribution in [2.75, 3.05) is 26.5 Å². The normalized spacial score (nSPS) is 16.8. The molecule has 202 valence electrons. The van der Waals surface area contributed by atoms with Gasteiger partial charge in [-0.25, -0.2) is 8.42 Å². The van der Waals surface area contributed by atoms with Gasteiger partial charge in [0, 0.05) is 24.7 Å². The molecule has 2 aromatic carbocycles. The van der Waals surface area contributed by atoms with Crippen molar-refractivity contribution < 1.29 is 31.8 Å². The zero-order valence-corrected chi connectivity index (χ0v) is 22.7. The molecule has 1 fully saturated rings. The summed E-state index contributed by atoms with van der Waals surface area (Å²) in [6.45, 7) is 0.606. The summed E-state index contributed by atoms with van der Waals surface area (Å²) in [7, 11) is -4.18. The van der Waals surface area contributed by atoms with Crippen LogP contribution >= 0.6 is 23.2 Å². The summed E-state index contributed by atoms with van der Waals surface area (Å²) in [4.78, 5) is 15.1. The highest BCUT2D eigenvalue weighted by atomic mass is 35.5. The monoisotopic (exact) mass is 580 g/mol. The molecule has 1 atom stereocenters. The number of amides is 1. The fourth-order valence-corrected chi connectivity index (χ4v) is 6.57. The third-order valence-electron chi connectivity index (χ3n) is 6.34. The second kappa shape index (κ2) is 11.5. The highest BCUT2D eigenvalue weighted by molar-refractivity contribution is 7.89. The Morgan fingerprint density at radius 1 is 1.03 bits per heavy atom. The van der Waals surface area contributed by atoms with Crippen LogP contribution in [0.25, 0.3) is 0 Å². The van der Waals surface area contributed by atoms with Crippen LogP contribution in [-0.4, -0.2) is 56.1 Å². The maximum atomic E-state index is 13.8. The van der Waals surface area contributed by atoms with Gasteiger partial charge in [0.05, 0.1) is 30.5 Å². The first-order chi connectivity index (χ1) is 18.3. The number of nitrogens with zero attached hydrogens (tertiary/aromatic N) is 2. The second-order valence-corrected chi connectivity index (χ2v) is 11.8. The number of halogens is 2. The van der Waals surface area contributed by atoms with E-state index in [-0.39, 0.29) is 47.5 Å². The van der Waals surface area contributed by atoms with E-state index in [9.17, 15) is 13.2 Å². The molecule has 2 aliphatic heterocycles. The van der Waals surface area contributed by atoms with E-state index in [1.807, 2.05) is 6.07 Å². The van der Waals surface area contributed by atoms with Crippen LogP contribution in [0.4, 0.5) is 0 Å². The molecule has 3 heterocycles. The Kier molecular flexibility index (Phi) is 8.15. The molecule has 1 amide bonds. The van der Waals surface area contributed by atoms with Crippen LogP contribution in [0.5, 0.6) is 11.5 Å². The molecule has 38 heavy (non-hydrogen) atoms. The van der Waals surface area contributed by atoms with E-state index < -0.39 is 22.5 Å². The van der Waals surface area contributed by atoms with E-state index in [4.69, 9.17) is 41.8 Å². The molecule has 0 aliphatic carbocycles. The topological polar surface area (TPSA) is 98.5 Å². The number of benzene rings is 2. The molecule has 1 unspecified atom stereocenters. The van der Waals surface area contributed by atoms with E-state index in [0.29, 0.717) is 30.3 Å². The molecule has 0 radical (unpaired) electrons. The van der Waals surface area contributed by atoms with Gasteiger partial charge < -0.3 is 23.5 Å². The number of rotatable bonds is 10. The molecular weight excluding hydrogens is 555 g/mol. The van der Waals surface area contributed by atoms with Crippen molar-refractivity contribution in [2.24, 2.45) is 0 Å². The Balaban J connectivity index is 1.43. The van der Waals surface area contributed by atoms with Crippen molar-refractivity contribution in [3.05, 3.63) is 76.2 Å². The van der Waals surface area contributed by atoms with Crippen LogP contribution in [0.1, 0.15) is 24.2 Å². The quantitative estimate of drug-likeness (QED) is 0.342. The number of carbonyl (C=O) groups excluding carboxylic acids is 1. The van der Waals surface area contributed by atoms with Gasteiger partial charge in [0.15, 0.2) is 11.5 Å². The summed E-state index contributed by atoms with van der Waals surface area (Å²) in [5, 5.41) is 0.241. The summed E-state index contributed by atoms with van der Waals surface area (Å²) in [6.07, 6.45) is 2.70. The van der Waals surface area contributed by atoms with Gasteiger partial charge in [-0.15, -0.1) is 0 Å². The predicted molar refractivity (Wildman–Crippen MR) is 140 cm³/mol. The van der Waals surface area contributed by atoms with E-state index in [1.54, 1.807) is 24.3 Å². The Morgan fingerprint density at radius 3 is 2.63 bits per heavy atom. The number of hydrogen-bond acceptors (Lipinski definition) is 7. The lowest BCUT2D eigenvalue weighted by molar-refractivity contribution is -0.133. The Hall–Kier alpha value is -2.76. The SMILES string of the molecule is O=C(CN(CC1CCCO1)S(=O)(=O)c1cc(Cl)ccc1Cl)N(Cc1ccc2c(c1)OCO2)Cc1ccco1. The first kappa shape index (κ1) is 26.8. The highest BCUT2D eigenvalue weighted by Gasteiger charge is 2.34. The van der Waals surface area contributed by atoms with Crippen LogP contribution in [0.3, 0.4) is 0 Å². The summed E-state index contributed by atoms with van der Waals surface area (Å²) < 4.78 is 50.7. The number of ether oxygens (including phenoxy) is 3. The van der Waals surface area contributed by atoms with Crippen molar-refractivity contribution in [2.45, 2.75) is 36.9 Å². The lowest BCUT2D eigenvalue weighted by atomic mass is 10.2. The van der Waals surface area contributed by atoms with E-state index in [0.717, 1.165) is 16.3 Å². The van der Waals surface area contributed by atoms with Crippen molar-refractivity contribution in [1.29, 1.82) is 0 Å². The van der Waals surface area contributed by atoms with Gasteiger partial charge >= 0.3 is 0 Å². The zero-order valence-electron chi connectivity index (χ0n) is 20.3. The first-order valence-electron chi connectivity index (χ1n) is 12.0. The molecule has 3 aromatic rings. The molecule has 0 saturated carbocycles. The molecule has 0 bridgehead atoms. The molecule has 5 rings (SSSR count). The molecule has 0 spiro atoms. The van der Waals surface area contributed by atoms with Gasteiger partial charge in [-0.2, -0.15) is 4.31 Å². The summed E-state index contributed by atoms with van der Waals surface area (Å²) in [5.41, 5.74) is 0.792. The Labute approximate surface area is 230 Å². The van der Waals surface area contributed by atoms with Gasteiger partial charge in [-0.1, -0.05) is 29.3 Å². The fourth-order valence-electron chi connectivity index (χ4n) is 4.41. The lowest BCUT2D eigenvalue weighted by Gasteiger charge is -2.28. The zero-order chi connectivity index (χ0) is 26.7. The largest absolute Gasteiger partial charge is 0.467 e. The number of fused-ring (bicyclic) bond motifs is 1. The molecule has 0 N–H and O–H groups in total. The van der Waals surface area contributed by atoms with Crippen LogP contribution in [0.2, 0.25) is 10.0 Å². The van der Waals surface area contributed by atoms with Gasteiger partial charge in [0.2, 0.25) is 22.7 Å². The Morgan fingerprint density at radius 2 is 1.87 bits per heavy atom. The predicted octanol–water partition coefficient (Wildman–Crippen LogP) is 4.71. The van der Waals surface area contributed by atoms with Gasteiger partial charge in [-0.3, -0.25) is 4.79 Å². The summed E-state index contributed by atoms with van der Waals surface area (Å²) >= 11 is 12.4. The third kappa shape index (κ3) is 6.10. The van der Waals surface area contributed by atoms with E-state index >= 15 is 0 Å². The van der Waals surface area contributed by atoms with Gasteiger partial charge in [-0.05, 0) is 60.9 Å². The summed E-state index contributed by atoms with van der Waals surface area (Å²) in [5.74, 6) is 1.36. The molecule has 1 saturated heterocycles. The van der Waals surface area contributed by atoms with Crippen LogP contribution in [-0.2, 0) is 32.6 Å². The number of hydrogen-bond donors (Lipinski definition) is 0. The van der Waals surface area contributed by atoms with Crippen molar-refractivity contribution in [1.82, 2.24) is 9.21 Å². The second-order valence-electron chi connectivity index (χ2n) is 9.02. The van der Waals surface area contributed by atoms with Crippen LogP contribution < -0.4 is 9.47 Å². The minimum absolute atomic E-state index is 0.00946. The number of furan rings is 1. The standard InChI is InChI=1S/C26H26Cl2N2O7S/c27-19-6-7-22(28)25(12-19)38(32,33)30(15-21-4-2-10-35-21)16-26(31)29(14-20-3-1-9-34-20)13-18-5-8-23-24(11-18)37-17-36-23/h1,3,5-9,11-12,21H,2,4,10,13-17H2. The van der Waals surface area contributed by atoms with Gasteiger partial charge in [0.1, 0.15) is 10.7 Å². The first-order valence-corrected chi connectivity index (χ1v) is 14.2.